The monoisotopic (exact) mass is 521 g/mol. The van der Waals surface area contributed by atoms with Crippen LogP contribution in [0.3, 0.4) is 0 Å². The zero-order valence-corrected chi connectivity index (χ0v) is 23.2. The smallest absolute Gasteiger partial charge is 0.303 e. The molecular weight excluding hydrogens is 481 g/mol. The molecule has 0 spiro atoms. The Bertz CT molecular complexity index is 1100. The number of hydrogen-bond acceptors (Lipinski definition) is 5. The minimum atomic E-state index is -3.65. The second kappa shape index (κ2) is 12.6. The molecule has 1 N–H and O–H groups in total. The van der Waals surface area contributed by atoms with Gasteiger partial charge in [0.15, 0.2) is 0 Å². The molecule has 5 atom stereocenters. The third kappa shape index (κ3) is 7.48. The Balaban J connectivity index is 2.52. The van der Waals surface area contributed by atoms with Gasteiger partial charge in [0.05, 0.1) is 17.0 Å². The van der Waals surface area contributed by atoms with E-state index in [0.29, 0.717) is 17.7 Å². The van der Waals surface area contributed by atoms with E-state index in [2.05, 4.69) is 6.08 Å². The van der Waals surface area contributed by atoms with Gasteiger partial charge >= 0.3 is 5.97 Å². The van der Waals surface area contributed by atoms with Crippen molar-refractivity contribution in [3.63, 3.8) is 0 Å². The molecule has 2 rings (SSSR count). The number of carbonyl (C=O) groups is 1. The molecule has 0 amide bonds. The SMILES string of the molecule is CCC(C)S(=O)(=O)N(C)C1=NC(C(C)C)C(/C=C/[C@@H](C)C[C@@H](C)CC(=O)O)C(c2ccc(F)cc2)=N1. The zero-order valence-electron chi connectivity index (χ0n) is 22.3. The molecule has 1 heterocycles. The highest BCUT2D eigenvalue weighted by molar-refractivity contribution is 7.90. The number of carboxylic acids is 1. The molecule has 0 fully saturated rings. The number of aliphatic imine (C=N–C) groups is 2. The van der Waals surface area contributed by atoms with E-state index in [1.54, 1.807) is 19.1 Å². The summed E-state index contributed by atoms with van der Waals surface area (Å²) >= 11 is 0. The topological polar surface area (TPSA) is 99.4 Å². The largest absolute Gasteiger partial charge is 0.481 e. The van der Waals surface area contributed by atoms with Crippen molar-refractivity contribution in [1.29, 1.82) is 0 Å². The fourth-order valence-electron chi connectivity index (χ4n) is 4.38. The van der Waals surface area contributed by atoms with Crippen LogP contribution in [0.5, 0.6) is 0 Å². The molecular formula is C27H40FN3O4S. The second-order valence-electron chi connectivity index (χ2n) is 10.2. The predicted molar refractivity (Wildman–Crippen MR) is 143 cm³/mol. The Hall–Kier alpha value is -2.55. The standard InChI is InChI=1S/C27H40FN3O4S/c1-8-20(6)36(34,35)31(7)27-29-25(17(2)3)23(14-9-18(4)15-19(5)16-24(32)33)26(30-27)21-10-12-22(28)13-11-21/h9-14,17-20,23,25H,8,15-16H2,1-7H3,(H,32,33)/b14-9+/t18-,19-,20?,23?,25?/m1/s1. The first-order valence-electron chi connectivity index (χ1n) is 12.6. The second-order valence-corrected chi connectivity index (χ2v) is 12.6. The molecule has 1 aliphatic heterocycles. The van der Waals surface area contributed by atoms with Crippen molar-refractivity contribution >= 4 is 27.7 Å². The summed E-state index contributed by atoms with van der Waals surface area (Å²) in [5.74, 6) is -1.08. The minimum absolute atomic E-state index is 0.0312. The van der Waals surface area contributed by atoms with E-state index in [4.69, 9.17) is 15.1 Å². The third-order valence-electron chi connectivity index (χ3n) is 6.68. The fourth-order valence-corrected chi connectivity index (χ4v) is 5.66. The highest BCUT2D eigenvalue weighted by Gasteiger charge is 2.36. The molecule has 0 bridgehead atoms. The van der Waals surface area contributed by atoms with Gasteiger partial charge in [-0.2, -0.15) is 0 Å². The molecule has 0 radical (unpaired) electrons. The molecule has 1 aromatic carbocycles. The zero-order chi connectivity index (χ0) is 27.2. The van der Waals surface area contributed by atoms with Gasteiger partial charge in [-0.05, 0) is 55.2 Å². The van der Waals surface area contributed by atoms with Crippen LogP contribution in [0.4, 0.5) is 4.39 Å². The van der Waals surface area contributed by atoms with Gasteiger partial charge in [-0.3, -0.25) is 4.79 Å². The van der Waals surface area contributed by atoms with Crippen LogP contribution in [0.1, 0.15) is 66.4 Å². The number of rotatable bonds is 11. The van der Waals surface area contributed by atoms with Crippen molar-refractivity contribution in [2.75, 3.05) is 7.05 Å². The van der Waals surface area contributed by atoms with Gasteiger partial charge in [-0.1, -0.05) is 58.9 Å². The summed E-state index contributed by atoms with van der Waals surface area (Å²) in [6.45, 7) is 11.5. The van der Waals surface area contributed by atoms with Gasteiger partial charge in [0.2, 0.25) is 16.0 Å². The van der Waals surface area contributed by atoms with E-state index >= 15 is 0 Å². The van der Waals surface area contributed by atoms with Gasteiger partial charge in [-0.15, -0.1) is 0 Å². The molecule has 0 aromatic heterocycles. The third-order valence-corrected chi connectivity index (χ3v) is 8.96. The summed E-state index contributed by atoms with van der Waals surface area (Å²) in [5.41, 5.74) is 1.33. The summed E-state index contributed by atoms with van der Waals surface area (Å²) in [6.07, 6.45) is 5.39. The highest BCUT2D eigenvalue weighted by atomic mass is 32.2. The van der Waals surface area contributed by atoms with E-state index in [0.717, 1.165) is 10.7 Å². The van der Waals surface area contributed by atoms with Crippen molar-refractivity contribution in [3.8, 4) is 0 Å². The van der Waals surface area contributed by atoms with E-state index in [1.807, 2.05) is 40.7 Å². The Morgan fingerprint density at radius 2 is 1.78 bits per heavy atom. The van der Waals surface area contributed by atoms with E-state index in [-0.39, 0.29) is 47.9 Å². The van der Waals surface area contributed by atoms with Crippen molar-refractivity contribution in [1.82, 2.24) is 4.31 Å². The lowest BCUT2D eigenvalue weighted by molar-refractivity contribution is -0.138. The van der Waals surface area contributed by atoms with Crippen LogP contribution in [-0.4, -0.2) is 53.8 Å². The molecule has 7 nitrogen and oxygen atoms in total. The predicted octanol–water partition coefficient (Wildman–Crippen LogP) is 5.38. The Morgan fingerprint density at radius 1 is 1.17 bits per heavy atom. The van der Waals surface area contributed by atoms with Crippen LogP contribution in [-0.2, 0) is 14.8 Å². The van der Waals surface area contributed by atoms with Crippen LogP contribution in [0.15, 0.2) is 46.4 Å². The van der Waals surface area contributed by atoms with Crippen LogP contribution in [0, 0.1) is 29.5 Å². The summed E-state index contributed by atoms with van der Waals surface area (Å²) in [4.78, 5) is 20.5. The van der Waals surface area contributed by atoms with Gasteiger partial charge in [0.1, 0.15) is 5.82 Å². The van der Waals surface area contributed by atoms with E-state index in [9.17, 15) is 17.6 Å². The fraction of sp³-hybridized carbons (Fsp3) is 0.593. The number of benzene rings is 1. The first-order valence-corrected chi connectivity index (χ1v) is 14.1. The number of hydrogen-bond donors (Lipinski definition) is 1. The maximum atomic E-state index is 13.7. The molecule has 36 heavy (non-hydrogen) atoms. The average molecular weight is 522 g/mol. The molecule has 1 aliphatic rings. The van der Waals surface area contributed by atoms with Crippen LogP contribution < -0.4 is 0 Å². The molecule has 200 valence electrons. The quantitative estimate of drug-likeness (QED) is 0.395. The van der Waals surface area contributed by atoms with Gasteiger partial charge < -0.3 is 5.11 Å². The maximum Gasteiger partial charge on any atom is 0.303 e. The Morgan fingerprint density at radius 3 is 2.31 bits per heavy atom. The van der Waals surface area contributed by atoms with E-state index in [1.165, 1.54) is 19.2 Å². The van der Waals surface area contributed by atoms with Crippen molar-refractivity contribution in [2.45, 2.75) is 72.1 Å². The molecule has 0 saturated heterocycles. The number of carboxylic acid groups (broad SMARTS) is 1. The van der Waals surface area contributed by atoms with Gasteiger partial charge in [0.25, 0.3) is 0 Å². The van der Waals surface area contributed by atoms with Gasteiger partial charge in [0, 0.05) is 19.4 Å². The Kier molecular flexibility index (Phi) is 10.4. The van der Waals surface area contributed by atoms with Crippen molar-refractivity contribution < 1.29 is 22.7 Å². The summed E-state index contributed by atoms with van der Waals surface area (Å²) in [5, 5.41) is 8.48. The number of allylic oxidation sites excluding steroid dienone is 1. The summed E-state index contributed by atoms with van der Waals surface area (Å²) < 4.78 is 41.0. The minimum Gasteiger partial charge on any atom is -0.481 e. The lowest BCUT2D eigenvalue weighted by Crippen LogP contribution is -2.43. The van der Waals surface area contributed by atoms with Crippen molar-refractivity contribution in [3.05, 3.63) is 47.8 Å². The first kappa shape index (κ1) is 29.7. The van der Waals surface area contributed by atoms with Crippen molar-refractivity contribution in [2.24, 2.45) is 33.7 Å². The molecule has 0 saturated carbocycles. The summed E-state index contributed by atoms with van der Waals surface area (Å²) in [7, 11) is -2.17. The number of halogens is 1. The lowest BCUT2D eigenvalue weighted by Gasteiger charge is -2.33. The molecule has 3 unspecified atom stereocenters. The first-order chi connectivity index (χ1) is 16.8. The van der Waals surface area contributed by atoms with Crippen LogP contribution in [0.25, 0.3) is 0 Å². The van der Waals surface area contributed by atoms with Gasteiger partial charge in [-0.25, -0.2) is 27.1 Å². The molecule has 0 aliphatic carbocycles. The van der Waals surface area contributed by atoms with E-state index < -0.39 is 21.2 Å². The highest BCUT2D eigenvalue weighted by Crippen LogP contribution is 2.30. The summed E-state index contributed by atoms with van der Waals surface area (Å²) in [6, 6.07) is 5.74. The Labute approximate surface area is 215 Å². The van der Waals surface area contributed by atoms with Crippen LogP contribution in [0.2, 0.25) is 0 Å². The van der Waals surface area contributed by atoms with Crippen LogP contribution >= 0.6 is 0 Å². The average Bonchev–Trinajstić information content (AvgIpc) is 2.80. The number of sulfonamides is 1. The normalized spacial score (nSPS) is 21.1. The molecule has 1 aromatic rings. The number of aliphatic carboxylic acids is 1. The number of guanidine groups is 1. The maximum absolute atomic E-state index is 13.7. The number of nitrogens with zero attached hydrogens (tertiary/aromatic N) is 3. The lowest BCUT2D eigenvalue weighted by atomic mass is 9.82. The molecule has 9 heteroatoms.